The molecule has 0 radical (unpaired) electrons. The molecule has 0 aliphatic rings. The van der Waals surface area contributed by atoms with E-state index in [4.69, 9.17) is 4.74 Å². The van der Waals surface area contributed by atoms with Crippen LogP contribution in [-0.2, 0) is 17.8 Å². The van der Waals surface area contributed by atoms with E-state index < -0.39 is 0 Å². The van der Waals surface area contributed by atoms with Gasteiger partial charge in [-0.15, -0.1) is 0 Å². The van der Waals surface area contributed by atoms with Crippen LogP contribution in [0.25, 0.3) is 0 Å². The van der Waals surface area contributed by atoms with Crippen LogP contribution in [0.15, 0.2) is 6.33 Å². The molecule has 5 nitrogen and oxygen atoms in total. The van der Waals surface area contributed by atoms with Crippen molar-refractivity contribution in [1.82, 2.24) is 20.1 Å². The van der Waals surface area contributed by atoms with E-state index in [1.54, 1.807) is 6.33 Å². The molecule has 0 saturated heterocycles. The second kappa shape index (κ2) is 7.60. The lowest BCUT2D eigenvalue weighted by Gasteiger charge is -2.20. The van der Waals surface area contributed by atoms with Crippen LogP contribution in [0.5, 0.6) is 0 Å². The summed E-state index contributed by atoms with van der Waals surface area (Å²) >= 11 is 0. The van der Waals surface area contributed by atoms with Crippen LogP contribution >= 0.6 is 0 Å². The molecule has 0 aromatic carbocycles. The molecule has 1 heterocycles. The van der Waals surface area contributed by atoms with Crippen molar-refractivity contribution in [1.29, 1.82) is 0 Å². The molecule has 0 amide bonds. The third kappa shape index (κ3) is 7.28. The lowest BCUT2D eigenvalue weighted by Crippen LogP contribution is -2.36. The predicted molar refractivity (Wildman–Crippen MR) is 76.9 cm³/mol. The number of rotatable bonds is 8. The Balaban J connectivity index is 2.28. The number of ether oxygens (including phenoxy) is 1. The molecule has 0 unspecified atom stereocenters. The first-order valence-corrected chi connectivity index (χ1v) is 7.08. The molecule has 1 aromatic rings. The smallest absolute Gasteiger partial charge is 0.140 e. The van der Waals surface area contributed by atoms with Crippen molar-refractivity contribution in [2.45, 2.75) is 59.7 Å². The fraction of sp³-hybridized carbons (Fsp3) is 0.857. The summed E-state index contributed by atoms with van der Waals surface area (Å²) in [4.78, 5) is 4.28. The van der Waals surface area contributed by atoms with E-state index in [2.05, 4.69) is 50.0 Å². The molecule has 1 N–H and O–H groups in total. The summed E-state index contributed by atoms with van der Waals surface area (Å²) in [6, 6.07) is 0. The van der Waals surface area contributed by atoms with E-state index in [1.165, 1.54) is 0 Å². The Hall–Kier alpha value is -0.940. The van der Waals surface area contributed by atoms with E-state index in [9.17, 15) is 0 Å². The van der Waals surface area contributed by atoms with Crippen molar-refractivity contribution in [3.05, 3.63) is 12.2 Å². The lowest BCUT2D eigenvalue weighted by atomic mass is 10.1. The van der Waals surface area contributed by atoms with Gasteiger partial charge in [0.15, 0.2) is 0 Å². The summed E-state index contributed by atoms with van der Waals surface area (Å²) in [7, 11) is 0. The molecule has 0 saturated carbocycles. The fourth-order valence-corrected chi connectivity index (χ4v) is 1.53. The monoisotopic (exact) mass is 268 g/mol. The van der Waals surface area contributed by atoms with E-state index >= 15 is 0 Å². The SMILES string of the molecule is CC(C)CCOCCn1ncnc1CNC(C)(C)C. The molecular formula is C14H28N4O. The standard InChI is InChI=1S/C14H28N4O/c1-12(2)6-8-19-9-7-18-13(15-11-17-18)10-16-14(3,4)5/h11-12,16H,6-10H2,1-5H3. The van der Waals surface area contributed by atoms with Crippen molar-refractivity contribution >= 4 is 0 Å². The average molecular weight is 268 g/mol. The zero-order chi connectivity index (χ0) is 14.3. The van der Waals surface area contributed by atoms with Crippen LogP contribution in [-0.4, -0.2) is 33.5 Å². The highest BCUT2D eigenvalue weighted by molar-refractivity contribution is 4.86. The maximum absolute atomic E-state index is 5.61. The highest BCUT2D eigenvalue weighted by atomic mass is 16.5. The van der Waals surface area contributed by atoms with Gasteiger partial charge in [0.25, 0.3) is 0 Å². The summed E-state index contributed by atoms with van der Waals surface area (Å²) < 4.78 is 7.52. The Morgan fingerprint density at radius 2 is 2.05 bits per heavy atom. The summed E-state index contributed by atoms with van der Waals surface area (Å²) in [5.74, 6) is 1.65. The Bertz CT molecular complexity index is 355. The quantitative estimate of drug-likeness (QED) is 0.735. The maximum Gasteiger partial charge on any atom is 0.140 e. The third-order valence-electron chi connectivity index (χ3n) is 2.76. The second-order valence-electron chi connectivity index (χ2n) is 6.30. The molecule has 1 aromatic heterocycles. The van der Waals surface area contributed by atoms with Gasteiger partial charge in [-0.3, -0.25) is 0 Å². The van der Waals surface area contributed by atoms with Crippen LogP contribution in [0.1, 0.15) is 46.9 Å². The topological polar surface area (TPSA) is 52.0 Å². The highest BCUT2D eigenvalue weighted by Gasteiger charge is 2.11. The molecule has 0 spiro atoms. The average Bonchev–Trinajstić information content (AvgIpc) is 2.72. The number of aromatic nitrogens is 3. The first-order valence-electron chi connectivity index (χ1n) is 7.08. The Morgan fingerprint density at radius 3 is 2.68 bits per heavy atom. The molecule has 19 heavy (non-hydrogen) atoms. The number of hydrogen-bond acceptors (Lipinski definition) is 4. The van der Waals surface area contributed by atoms with E-state index in [-0.39, 0.29) is 5.54 Å². The first-order chi connectivity index (χ1) is 8.88. The molecule has 0 bridgehead atoms. The van der Waals surface area contributed by atoms with Crippen molar-refractivity contribution < 1.29 is 4.74 Å². The zero-order valence-corrected chi connectivity index (χ0v) is 12.9. The molecule has 0 aliphatic carbocycles. The minimum Gasteiger partial charge on any atom is -0.380 e. The van der Waals surface area contributed by atoms with E-state index in [1.807, 2.05) is 4.68 Å². The van der Waals surface area contributed by atoms with Gasteiger partial charge >= 0.3 is 0 Å². The van der Waals surface area contributed by atoms with Crippen LogP contribution in [0.2, 0.25) is 0 Å². The first kappa shape index (κ1) is 16.1. The number of hydrogen-bond donors (Lipinski definition) is 1. The molecule has 1 rings (SSSR count). The Kier molecular flexibility index (Phi) is 6.45. The normalized spacial score (nSPS) is 12.3. The minimum absolute atomic E-state index is 0.0878. The van der Waals surface area contributed by atoms with Gasteiger partial charge in [-0.1, -0.05) is 13.8 Å². The molecule has 110 valence electrons. The van der Waals surface area contributed by atoms with E-state index in [0.717, 1.165) is 31.9 Å². The van der Waals surface area contributed by atoms with Gasteiger partial charge in [-0.05, 0) is 33.1 Å². The summed E-state index contributed by atoms with van der Waals surface area (Å²) in [5, 5.41) is 7.65. The van der Waals surface area contributed by atoms with Gasteiger partial charge < -0.3 is 10.1 Å². The van der Waals surface area contributed by atoms with Crippen LogP contribution < -0.4 is 5.32 Å². The molecule has 0 aliphatic heterocycles. The van der Waals surface area contributed by atoms with Crippen molar-refractivity contribution in [3.63, 3.8) is 0 Å². The molecule has 0 fully saturated rings. The summed E-state index contributed by atoms with van der Waals surface area (Å²) in [6.45, 7) is 13.8. The molecule has 0 atom stereocenters. The third-order valence-corrected chi connectivity index (χ3v) is 2.76. The summed E-state index contributed by atoms with van der Waals surface area (Å²) in [6.07, 6.45) is 2.71. The van der Waals surface area contributed by atoms with Crippen molar-refractivity contribution in [3.8, 4) is 0 Å². The van der Waals surface area contributed by atoms with Crippen molar-refractivity contribution in [2.75, 3.05) is 13.2 Å². The van der Waals surface area contributed by atoms with Crippen LogP contribution in [0, 0.1) is 5.92 Å². The van der Waals surface area contributed by atoms with Gasteiger partial charge in [-0.25, -0.2) is 9.67 Å². The molecular weight excluding hydrogens is 240 g/mol. The van der Waals surface area contributed by atoms with Crippen LogP contribution in [0.4, 0.5) is 0 Å². The number of nitrogens with zero attached hydrogens (tertiary/aromatic N) is 3. The van der Waals surface area contributed by atoms with Crippen LogP contribution in [0.3, 0.4) is 0 Å². The van der Waals surface area contributed by atoms with Crippen molar-refractivity contribution in [2.24, 2.45) is 5.92 Å². The van der Waals surface area contributed by atoms with Gasteiger partial charge in [0, 0.05) is 12.1 Å². The lowest BCUT2D eigenvalue weighted by molar-refractivity contribution is 0.113. The van der Waals surface area contributed by atoms with E-state index in [0.29, 0.717) is 12.5 Å². The fourth-order valence-electron chi connectivity index (χ4n) is 1.53. The van der Waals surface area contributed by atoms with Gasteiger partial charge in [0.1, 0.15) is 12.2 Å². The molecule has 5 heteroatoms. The summed E-state index contributed by atoms with van der Waals surface area (Å²) in [5.41, 5.74) is 0.0878. The minimum atomic E-state index is 0.0878. The zero-order valence-electron chi connectivity index (χ0n) is 12.9. The number of nitrogens with one attached hydrogen (secondary N) is 1. The second-order valence-corrected chi connectivity index (χ2v) is 6.30. The predicted octanol–water partition coefficient (Wildman–Crippen LogP) is 2.23. The highest BCUT2D eigenvalue weighted by Crippen LogP contribution is 2.02. The van der Waals surface area contributed by atoms with Gasteiger partial charge in [0.05, 0.1) is 19.7 Å². The Labute approximate surface area is 116 Å². The largest absolute Gasteiger partial charge is 0.380 e. The maximum atomic E-state index is 5.61. The Morgan fingerprint density at radius 1 is 1.32 bits per heavy atom. The van der Waals surface area contributed by atoms with Gasteiger partial charge in [-0.2, -0.15) is 5.10 Å². The van der Waals surface area contributed by atoms with Gasteiger partial charge in [0.2, 0.25) is 0 Å².